The minimum absolute atomic E-state index is 0.147. The zero-order chi connectivity index (χ0) is 12.1. The number of piperidine rings is 1. The molecular weight excluding hydrogens is 212 g/mol. The topological polar surface area (TPSA) is 41.1 Å². The van der Waals surface area contributed by atoms with Gasteiger partial charge in [-0.1, -0.05) is 29.8 Å². The molecular formula is C14H20N2O. The molecule has 17 heavy (non-hydrogen) atoms. The fourth-order valence-electron chi connectivity index (χ4n) is 2.12. The lowest BCUT2D eigenvalue weighted by atomic mass is 9.99. The molecule has 1 saturated heterocycles. The van der Waals surface area contributed by atoms with Gasteiger partial charge in [0.2, 0.25) is 5.91 Å². The van der Waals surface area contributed by atoms with Crippen LogP contribution in [0.15, 0.2) is 24.3 Å². The molecule has 1 aromatic carbocycles. The van der Waals surface area contributed by atoms with Crippen LogP contribution in [0.25, 0.3) is 0 Å². The first-order valence-electron chi connectivity index (χ1n) is 6.29. The number of hydrogen-bond donors (Lipinski definition) is 2. The Morgan fingerprint density at radius 2 is 2.18 bits per heavy atom. The molecule has 92 valence electrons. The fourth-order valence-corrected chi connectivity index (χ4v) is 2.12. The van der Waals surface area contributed by atoms with Gasteiger partial charge in [-0.3, -0.25) is 4.79 Å². The fraction of sp³-hybridized carbons (Fsp3) is 0.500. The maximum absolute atomic E-state index is 11.9. The Kier molecular flexibility index (Phi) is 4.15. The van der Waals surface area contributed by atoms with E-state index >= 15 is 0 Å². The molecule has 0 bridgehead atoms. The van der Waals surface area contributed by atoms with Crippen LogP contribution in [0, 0.1) is 12.8 Å². The van der Waals surface area contributed by atoms with E-state index in [0.717, 1.165) is 31.5 Å². The zero-order valence-electron chi connectivity index (χ0n) is 10.3. The van der Waals surface area contributed by atoms with Gasteiger partial charge in [0, 0.05) is 13.1 Å². The van der Waals surface area contributed by atoms with E-state index in [9.17, 15) is 4.79 Å². The normalized spacial score (nSPS) is 19.9. The van der Waals surface area contributed by atoms with E-state index in [-0.39, 0.29) is 11.8 Å². The Hall–Kier alpha value is -1.35. The van der Waals surface area contributed by atoms with Crippen molar-refractivity contribution in [2.75, 3.05) is 13.1 Å². The van der Waals surface area contributed by atoms with Gasteiger partial charge in [0.05, 0.1) is 5.92 Å². The van der Waals surface area contributed by atoms with Crippen molar-refractivity contribution in [1.82, 2.24) is 10.6 Å². The van der Waals surface area contributed by atoms with Crippen LogP contribution in [-0.4, -0.2) is 19.0 Å². The highest BCUT2D eigenvalue weighted by Gasteiger charge is 2.20. The summed E-state index contributed by atoms with van der Waals surface area (Å²) in [5.74, 6) is 0.326. The summed E-state index contributed by atoms with van der Waals surface area (Å²) in [7, 11) is 0. The Balaban J connectivity index is 1.81. The zero-order valence-corrected chi connectivity index (χ0v) is 10.3. The lowest BCUT2D eigenvalue weighted by Crippen LogP contribution is -2.40. The molecule has 0 saturated carbocycles. The van der Waals surface area contributed by atoms with Crippen LogP contribution in [0.3, 0.4) is 0 Å². The summed E-state index contributed by atoms with van der Waals surface area (Å²) in [6.07, 6.45) is 2.11. The number of nitrogens with one attached hydrogen (secondary N) is 2. The highest BCUT2D eigenvalue weighted by Crippen LogP contribution is 2.10. The van der Waals surface area contributed by atoms with E-state index in [2.05, 4.69) is 41.8 Å². The third-order valence-corrected chi connectivity index (χ3v) is 3.26. The Morgan fingerprint density at radius 3 is 2.82 bits per heavy atom. The first-order valence-corrected chi connectivity index (χ1v) is 6.29. The molecule has 0 aromatic heterocycles. The number of aryl methyl sites for hydroxylation is 1. The summed E-state index contributed by atoms with van der Waals surface area (Å²) in [6.45, 7) is 4.56. The van der Waals surface area contributed by atoms with E-state index in [1.165, 1.54) is 5.56 Å². The van der Waals surface area contributed by atoms with Crippen LogP contribution < -0.4 is 10.6 Å². The molecule has 1 aliphatic heterocycles. The van der Waals surface area contributed by atoms with Crippen molar-refractivity contribution in [3.8, 4) is 0 Å². The number of hydrogen-bond acceptors (Lipinski definition) is 2. The summed E-state index contributed by atoms with van der Waals surface area (Å²) in [6, 6.07) is 8.27. The smallest absolute Gasteiger partial charge is 0.224 e. The third-order valence-electron chi connectivity index (χ3n) is 3.26. The van der Waals surface area contributed by atoms with Gasteiger partial charge in [-0.2, -0.15) is 0 Å². The van der Waals surface area contributed by atoms with Crippen LogP contribution in [0.4, 0.5) is 0 Å². The first-order chi connectivity index (χ1) is 8.25. The molecule has 1 aromatic rings. The second kappa shape index (κ2) is 5.82. The molecule has 1 heterocycles. The van der Waals surface area contributed by atoms with E-state index in [0.29, 0.717) is 6.54 Å². The van der Waals surface area contributed by atoms with Crippen molar-refractivity contribution >= 4 is 5.91 Å². The predicted octanol–water partition coefficient (Wildman–Crippen LogP) is 1.61. The van der Waals surface area contributed by atoms with Crippen molar-refractivity contribution in [1.29, 1.82) is 0 Å². The third kappa shape index (κ3) is 3.56. The number of carbonyl (C=O) groups is 1. The van der Waals surface area contributed by atoms with Gasteiger partial charge in [-0.05, 0) is 31.9 Å². The van der Waals surface area contributed by atoms with Crippen LogP contribution in [0.2, 0.25) is 0 Å². The average Bonchev–Trinajstić information content (AvgIpc) is 2.39. The minimum Gasteiger partial charge on any atom is -0.352 e. The summed E-state index contributed by atoms with van der Waals surface area (Å²) in [5.41, 5.74) is 2.41. The van der Waals surface area contributed by atoms with E-state index in [4.69, 9.17) is 0 Å². The van der Waals surface area contributed by atoms with Gasteiger partial charge in [0.1, 0.15) is 0 Å². The Labute approximate surface area is 103 Å². The lowest BCUT2D eigenvalue weighted by Gasteiger charge is -2.21. The van der Waals surface area contributed by atoms with Gasteiger partial charge in [-0.15, -0.1) is 0 Å². The quantitative estimate of drug-likeness (QED) is 0.831. The van der Waals surface area contributed by atoms with Crippen molar-refractivity contribution in [2.24, 2.45) is 5.92 Å². The van der Waals surface area contributed by atoms with Gasteiger partial charge < -0.3 is 10.6 Å². The number of rotatable bonds is 3. The second-order valence-electron chi connectivity index (χ2n) is 4.75. The number of amides is 1. The van der Waals surface area contributed by atoms with Gasteiger partial charge in [-0.25, -0.2) is 0 Å². The van der Waals surface area contributed by atoms with Crippen molar-refractivity contribution in [2.45, 2.75) is 26.3 Å². The molecule has 2 rings (SSSR count). The minimum atomic E-state index is 0.147. The Morgan fingerprint density at radius 1 is 1.41 bits per heavy atom. The molecule has 1 amide bonds. The van der Waals surface area contributed by atoms with Crippen LogP contribution in [0.5, 0.6) is 0 Å². The molecule has 3 heteroatoms. The van der Waals surface area contributed by atoms with Crippen molar-refractivity contribution < 1.29 is 4.79 Å². The summed E-state index contributed by atoms with van der Waals surface area (Å²) >= 11 is 0. The van der Waals surface area contributed by atoms with Crippen LogP contribution in [0.1, 0.15) is 24.0 Å². The summed E-state index contributed by atoms with van der Waals surface area (Å²) in [4.78, 5) is 11.9. The largest absolute Gasteiger partial charge is 0.352 e. The SMILES string of the molecule is Cc1ccc(CNC(=O)C2CCCNC2)cc1. The van der Waals surface area contributed by atoms with E-state index in [1.807, 2.05) is 0 Å². The Bertz CT molecular complexity index is 366. The van der Waals surface area contributed by atoms with Crippen molar-refractivity contribution in [3.63, 3.8) is 0 Å². The maximum atomic E-state index is 11.9. The molecule has 0 radical (unpaired) electrons. The molecule has 0 aliphatic carbocycles. The summed E-state index contributed by atoms with van der Waals surface area (Å²) < 4.78 is 0. The maximum Gasteiger partial charge on any atom is 0.224 e. The summed E-state index contributed by atoms with van der Waals surface area (Å²) in [5, 5.41) is 6.27. The van der Waals surface area contributed by atoms with Crippen molar-refractivity contribution in [3.05, 3.63) is 35.4 Å². The lowest BCUT2D eigenvalue weighted by molar-refractivity contribution is -0.125. The van der Waals surface area contributed by atoms with Gasteiger partial charge in [0.25, 0.3) is 0 Å². The van der Waals surface area contributed by atoms with Gasteiger partial charge >= 0.3 is 0 Å². The molecule has 1 fully saturated rings. The second-order valence-corrected chi connectivity index (χ2v) is 4.75. The average molecular weight is 232 g/mol. The van der Waals surface area contributed by atoms with Crippen LogP contribution >= 0.6 is 0 Å². The van der Waals surface area contributed by atoms with Gasteiger partial charge in [0.15, 0.2) is 0 Å². The molecule has 2 N–H and O–H groups in total. The molecule has 1 unspecified atom stereocenters. The monoisotopic (exact) mass is 232 g/mol. The first kappa shape index (κ1) is 12.1. The highest BCUT2D eigenvalue weighted by atomic mass is 16.1. The molecule has 1 atom stereocenters. The molecule has 1 aliphatic rings. The standard InChI is InChI=1S/C14H20N2O/c1-11-4-6-12(7-5-11)9-16-14(17)13-3-2-8-15-10-13/h4-7,13,15H,2-3,8-10H2,1H3,(H,16,17). The predicted molar refractivity (Wildman–Crippen MR) is 68.6 cm³/mol. The van der Waals surface area contributed by atoms with E-state index in [1.54, 1.807) is 0 Å². The number of benzene rings is 1. The molecule has 3 nitrogen and oxygen atoms in total. The van der Waals surface area contributed by atoms with E-state index < -0.39 is 0 Å². The molecule has 0 spiro atoms. The highest BCUT2D eigenvalue weighted by molar-refractivity contribution is 5.78. The van der Waals surface area contributed by atoms with Crippen LogP contribution in [-0.2, 0) is 11.3 Å². The number of carbonyl (C=O) groups excluding carboxylic acids is 1.